The Labute approximate surface area is 183 Å². The smallest absolute Gasteiger partial charge is 0.416 e. The molecule has 1 aromatic heterocycles. The summed E-state index contributed by atoms with van der Waals surface area (Å²) in [7, 11) is 0. The molecule has 0 aliphatic carbocycles. The third-order valence-electron chi connectivity index (χ3n) is 6.06. The fourth-order valence-electron chi connectivity index (χ4n) is 4.25. The highest BCUT2D eigenvalue weighted by Crippen LogP contribution is 2.35. The highest BCUT2D eigenvalue weighted by molar-refractivity contribution is 5.86. The zero-order chi connectivity index (χ0) is 23.0. The lowest BCUT2D eigenvalue weighted by Gasteiger charge is -2.36. The lowest BCUT2D eigenvalue weighted by atomic mass is 9.99. The Kier molecular flexibility index (Phi) is 5.90. The zero-order valence-electron chi connectivity index (χ0n) is 18.0. The van der Waals surface area contributed by atoms with Gasteiger partial charge in [-0.3, -0.25) is 4.90 Å². The molecular weight excluding hydrogens is 421 g/mol. The Morgan fingerprint density at radius 2 is 1.81 bits per heavy atom. The molecule has 8 heteroatoms. The molecule has 170 valence electrons. The molecule has 1 aliphatic heterocycles. The van der Waals surface area contributed by atoms with Crippen molar-refractivity contribution in [1.82, 2.24) is 4.90 Å². The number of fused-ring (bicyclic) bond motifs is 1. The molecule has 3 aromatic rings. The van der Waals surface area contributed by atoms with Crippen LogP contribution in [0.1, 0.15) is 29.2 Å². The highest BCUT2D eigenvalue weighted by Gasteiger charge is 2.31. The Bertz CT molecular complexity index is 1200. The fourth-order valence-corrected chi connectivity index (χ4v) is 4.25. The number of phenolic OH excluding ortho intramolecular Hbond substituents is 1. The van der Waals surface area contributed by atoms with Gasteiger partial charge in [-0.15, -0.1) is 0 Å². The quantitative estimate of drug-likeness (QED) is 0.589. The van der Waals surface area contributed by atoms with Gasteiger partial charge < -0.3 is 14.4 Å². The van der Waals surface area contributed by atoms with Crippen LogP contribution >= 0.6 is 0 Å². The van der Waals surface area contributed by atoms with E-state index in [1.54, 1.807) is 6.07 Å². The van der Waals surface area contributed by atoms with Crippen molar-refractivity contribution < 1.29 is 22.7 Å². The van der Waals surface area contributed by atoms with Gasteiger partial charge in [-0.1, -0.05) is 13.0 Å². The SMILES string of the molecule is CCc1cc2c(C)cc(=O)oc2c(CN2CCN(c3cccc(C(F)(F)F)c3)CC2)c1O. The van der Waals surface area contributed by atoms with Gasteiger partial charge in [-0.25, -0.2) is 4.79 Å². The second kappa shape index (κ2) is 8.50. The maximum absolute atomic E-state index is 13.0. The number of hydrogen-bond donors (Lipinski definition) is 1. The van der Waals surface area contributed by atoms with Crippen molar-refractivity contribution in [3.8, 4) is 5.75 Å². The van der Waals surface area contributed by atoms with Crippen molar-refractivity contribution in [3.63, 3.8) is 0 Å². The summed E-state index contributed by atoms with van der Waals surface area (Å²) in [5, 5.41) is 11.6. The van der Waals surface area contributed by atoms with Crippen LogP contribution in [0, 0.1) is 6.92 Å². The second-order valence-electron chi connectivity index (χ2n) is 8.15. The summed E-state index contributed by atoms with van der Waals surface area (Å²) < 4.78 is 44.6. The second-order valence-corrected chi connectivity index (χ2v) is 8.15. The molecule has 0 bridgehead atoms. The number of aromatic hydroxyl groups is 1. The van der Waals surface area contributed by atoms with Crippen molar-refractivity contribution in [2.75, 3.05) is 31.1 Å². The molecule has 0 radical (unpaired) electrons. The Morgan fingerprint density at radius 3 is 2.47 bits per heavy atom. The fraction of sp³-hybridized carbons (Fsp3) is 0.375. The molecule has 5 nitrogen and oxygen atoms in total. The van der Waals surface area contributed by atoms with E-state index in [-0.39, 0.29) is 5.75 Å². The van der Waals surface area contributed by atoms with E-state index in [0.717, 1.165) is 22.6 Å². The minimum atomic E-state index is -4.37. The number of piperazine rings is 1. The van der Waals surface area contributed by atoms with Gasteiger partial charge in [0.25, 0.3) is 0 Å². The first-order valence-electron chi connectivity index (χ1n) is 10.6. The lowest BCUT2D eigenvalue weighted by molar-refractivity contribution is -0.137. The van der Waals surface area contributed by atoms with E-state index in [9.17, 15) is 23.1 Å². The first-order chi connectivity index (χ1) is 15.2. The number of hydrogen-bond acceptors (Lipinski definition) is 5. The van der Waals surface area contributed by atoms with Gasteiger partial charge in [0, 0.05) is 49.9 Å². The minimum Gasteiger partial charge on any atom is -0.507 e. The molecular formula is C24H25F3N2O3. The van der Waals surface area contributed by atoms with Crippen LogP contribution < -0.4 is 10.5 Å². The van der Waals surface area contributed by atoms with Crippen LogP contribution in [0.15, 0.2) is 45.6 Å². The molecule has 1 N–H and O–H groups in total. The number of phenols is 1. The Balaban J connectivity index is 1.56. The number of anilines is 1. The van der Waals surface area contributed by atoms with Crippen LogP contribution in [0.5, 0.6) is 5.75 Å². The van der Waals surface area contributed by atoms with Crippen molar-refractivity contribution in [2.24, 2.45) is 0 Å². The Hall–Kier alpha value is -3.00. The number of rotatable bonds is 4. The van der Waals surface area contributed by atoms with Gasteiger partial charge >= 0.3 is 11.8 Å². The van der Waals surface area contributed by atoms with Gasteiger partial charge in [0.15, 0.2) is 0 Å². The number of halogens is 3. The number of nitrogens with zero attached hydrogens (tertiary/aromatic N) is 2. The van der Waals surface area contributed by atoms with Crippen molar-refractivity contribution in [2.45, 2.75) is 33.0 Å². The molecule has 4 rings (SSSR count). The summed E-state index contributed by atoms with van der Waals surface area (Å²) >= 11 is 0. The number of aryl methyl sites for hydroxylation is 2. The lowest BCUT2D eigenvalue weighted by Crippen LogP contribution is -2.46. The summed E-state index contributed by atoms with van der Waals surface area (Å²) in [6, 6.07) is 8.66. The van der Waals surface area contributed by atoms with Crippen molar-refractivity contribution in [3.05, 3.63) is 69.1 Å². The third kappa shape index (κ3) is 4.32. The molecule has 0 spiro atoms. The first-order valence-corrected chi connectivity index (χ1v) is 10.6. The average molecular weight is 446 g/mol. The number of alkyl halides is 3. The van der Waals surface area contributed by atoms with Gasteiger partial charge in [-0.2, -0.15) is 13.2 Å². The Morgan fingerprint density at radius 1 is 1.09 bits per heavy atom. The van der Waals surface area contributed by atoms with Crippen molar-refractivity contribution >= 4 is 16.7 Å². The van der Waals surface area contributed by atoms with E-state index in [1.165, 1.54) is 18.2 Å². The molecule has 1 fully saturated rings. The predicted molar refractivity (Wildman–Crippen MR) is 117 cm³/mol. The maximum atomic E-state index is 13.0. The van der Waals surface area contributed by atoms with Crippen LogP contribution in [0.2, 0.25) is 0 Å². The van der Waals surface area contributed by atoms with Gasteiger partial charge in [0.2, 0.25) is 0 Å². The molecule has 1 aliphatic rings. The summed E-state index contributed by atoms with van der Waals surface area (Å²) in [5.41, 5.74) is 1.97. The molecule has 2 heterocycles. The van der Waals surface area contributed by atoms with E-state index in [2.05, 4.69) is 4.90 Å². The molecule has 0 amide bonds. The normalized spacial score (nSPS) is 15.5. The zero-order valence-corrected chi connectivity index (χ0v) is 18.0. The average Bonchev–Trinajstić information content (AvgIpc) is 2.76. The summed E-state index contributed by atoms with van der Waals surface area (Å²) in [4.78, 5) is 16.0. The molecule has 1 saturated heterocycles. The maximum Gasteiger partial charge on any atom is 0.416 e. The third-order valence-corrected chi connectivity index (χ3v) is 6.06. The van der Waals surface area contributed by atoms with Crippen molar-refractivity contribution in [1.29, 1.82) is 0 Å². The van der Waals surface area contributed by atoms with Crippen LogP contribution in [-0.2, 0) is 19.1 Å². The summed E-state index contributed by atoms with van der Waals surface area (Å²) in [5.74, 6) is 0.133. The molecule has 2 aromatic carbocycles. The monoisotopic (exact) mass is 446 g/mol. The molecule has 0 saturated carbocycles. The van der Waals surface area contributed by atoms with Gasteiger partial charge in [0.1, 0.15) is 11.3 Å². The van der Waals surface area contributed by atoms with E-state index >= 15 is 0 Å². The van der Waals surface area contributed by atoms with E-state index in [0.29, 0.717) is 56.0 Å². The summed E-state index contributed by atoms with van der Waals surface area (Å²) in [6.45, 7) is 6.49. The minimum absolute atomic E-state index is 0.133. The van der Waals surface area contributed by atoms with E-state index in [4.69, 9.17) is 4.42 Å². The van der Waals surface area contributed by atoms with Crippen LogP contribution in [0.4, 0.5) is 18.9 Å². The predicted octanol–water partition coefficient (Wildman–Crippen LogP) is 4.71. The molecule has 0 atom stereocenters. The highest BCUT2D eigenvalue weighted by atomic mass is 19.4. The molecule has 0 unspecified atom stereocenters. The largest absolute Gasteiger partial charge is 0.507 e. The standard InChI is InChI=1S/C24H25F3N2O3/c1-3-16-12-19-15(2)11-21(30)32-23(19)20(22(16)31)14-28-7-9-29(10-8-28)18-6-4-5-17(13-18)24(25,26)27/h4-6,11-13,31H,3,7-10,14H2,1-2H3. The van der Waals surface area contributed by atoms with Crippen LogP contribution in [0.25, 0.3) is 11.0 Å². The van der Waals surface area contributed by atoms with Gasteiger partial charge in [0.05, 0.1) is 11.1 Å². The molecule has 32 heavy (non-hydrogen) atoms. The van der Waals surface area contributed by atoms with E-state index in [1.807, 2.05) is 24.8 Å². The van der Waals surface area contributed by atoms with E-state index < -0.39 is 17.4 Å². The van der Waals surface area contributed by atoms with Gasteiger partial charge in [-0.05, 0) is 48.7 Å². The topological polar surface area (TPSA) is 56.9 Å². The van der Waals surface area contributed by atoms with Crippen LogP contribution in [-0.4, -0.2) is 36.2 Å². The number of benzene rings is 2. The first kappa shape index (κ1) is 22.2. The van der Waals surface area contributed by atoms with Crippen LogP contribution in [0.3, 0.4) is 0 Å². The summed E-state index contributed by atoms with van der Waals surface area (Å²) in [6.07, 6.45) is -3.74.